The van der Waals surface area contributed by atoms with Crippen LogP contribution < -0.4 is 5.73 Å². The van der Waals surface area contributed by atoms with Crippen LogP contribution in [-0.4, -0.2) is 15.1 Å². The molecule has 2 N–H and O–H groups in total. The molecule has 0 bridgehead atoms. The van der Waals surface area contributed by atoms with E-state index in [1.165, 1.54) is 18.2 Å². The maximum absolute atomic E-state index is 13.0. The zero-order valence-corrected chi connectivity index (χ0v) is 9.75. The monoisotopic (exact) mass is 256 g/mol. The van der Waals surface area contributed by atoms with Crippen molar-refractivity contribution in [1.82, 2.24) is 15.1 Å². The summed E-state index contributed by atoms with van der Waals surface area (Å²) >= 11 is 0. The lowest BCUT2D eigenvalue weighted by molar-refractivity contribution is 0.432. The molecule has 0 fully saturated rings. The Labute approximate surface area is 107 Å². The third kappa shape index (κ3) is 2.15. The van der Waals surface area contributed by atoms with Crippen molar-refractivity contribution in [3.8, 4) is 22.8 Å². The average molecular weight is 256 g/mol. The second kappa shape index (κ2) is 4.49. The van der Waals surface area contributed by atoms with E-state index in [1.807, 2.05) is 6.07 Å². The number of nitrogens with two attached hydrogens (primary N) is 1. The zero-order chi connectivity index (χ0) is 13.2. The van der Waals surface area contributed by atoms with Crippen LogP contribution in [0.15, 0.2) is 47.2 Å². The van der Waals surface area contributed by atoms with E-state index in [2.05, 4.69) is 15.1 Å². The highest BCUT2D eigenvalue weighted by Crippen LogP contribution is 2.26. The molecule has 3 rings (SSSR count). The highest BCUT2D eigenvalue weighted by atomic mass is 19.1. The van der Waals surface area contributed by atoms with Crippen molar-refractivity contribution in [1.29, 1.82) is 0 Å². The van der Waals surface area contributed by atoms with Gasteiger partial charge in [0.05, 0.1) is 5.56 Å². The van der Waals surface area contributed by atoms with Gasteiger partial charge in [-0.15, -0.1) is 0 Å². The van der Waals surface area contributed by atoms with Crippen molar-refractivity contribution >= 4 is 5.69 Å². The number of pyridine rings is 1. The van der Waals surface area contributed by atoms with Crippen LogP contribution in [0, 0.1) is 5.82 Å². The lowest BCUT2D eigenvalue weighted by atomic mass is 10.2. The normalized spacial score (nSPS) is 10.6. The minimum atomic E-state index is -0.409. The molecule has 0 saturated heterocycles. The van der Waals surface area contributed by atoms with E-state index < -0.39 is 5.82 Å². The van der Waals surface area contributed by atoms with Gasteiger partial charge in [-0.05, 0) is 30.3 Å². The van der Waals surface area contributed by atoms with E-state index >= 15 is 0 Å². The van der Waals surface area contributed by atoms with Gasteiger partial charge in [0.2, 0.25) is 5.82 Å². The maximum atomic E-state index is 13.0. The Morgan fingerprint density at radius 2 is 2.11 bits per heavy atom. The first-order chi connectivity index (χ1) is 9.24. The van der Waals surface area contributed by atoms with E-state index in [0.717, 1.165) is 5.56 Å². The summed E-state index contributed by atoms with van der Waals surface area (Å²) in [5, 5.41) is 3.85. The zero-order valence-electron chi connectivity index (χ0n) is 9.75. The van der Waals surface area contributed by atoms with Crippen LogP contribution in [0.4, 0.5) is 10.1 Å². The van der Waals surface area contributed by atoms with Gasteiger partial charge in [0.1, 0.15) is 5.82 Å². The Hall–Kier alpha value is -2.76. The molecule has 2 aromatic heterocycles. The number of hydrogen-bond donors (Lipinski definition) is 1. The Balaban J connectivity index is 2.02. The number of halogens is 1. The molecule has 19 heavy (non-hydrogen) atoms. The third-order valence-corrected chi connectivity index (χ3v) is 2.59. The molecule has 0 aliphatic rings. The third-order valence-electron chi connectivity index (χ3n) is 2.59. The summed E-state index contributed by atoms with van der Waals surface area (Å²) in [5.74, 6) is 0.247. The van der Waals surface area contributed by atoms with E-state index in [0.29, 0.717) is 11.4 Å². The van der Waals surface area contributed by atoms with Crippen molar-refractivity contribution in [2.75, 3.05) is 5.73 Å². The molecule has 94 valence electrons. The lowest BCUT2D eigenvalue weighted by Gasteiger charge is -1.99. The van der Waals surface area contributed by atoms with Gasteiger partial charge < -0.3 is 10.3 Å². The second-order valence-electron chi connectivity index (χ2n) is 3.90. The summed E-state index contributed by atoms with van der Waals surface area (Å²) in [6.07, 6.45) is 3.28. The smallest absolute Gasteiger partial charge is 0.260 e. The molecule has 3 aromatic rings. The minimum Gasteiger partial charge on any atom is -0.398 e. The summed E-state index contributed by atoms with van der Waals surface area (Å²) < 4.78 is 18.1. The number of hydrogen-bond acceptors (Lipinski definition) is 5. The molecular formula is C13H9FN4O. The molecule has 0 amide bonds. The Bertz CT molecular complexity index is 712. The van der Waals surface area contributed by atoms with Crippen molar-refractivity contribution < 1.29 is 8.91 Å². The predicted octanol–water partition coefficient (Wildman–Crippen LogP) is 2.52. The molecule has 0 unspecified atom stereocenters. The number of nitrogen functional groups attached to an aromatic ring is 1. The van der Waals surface area contributed by atoms with Crippen LogP contribution in [0.1, 0.15) is 0 Å². The van der Waals surface area contributed by atoms with Crippen molar-refractivity contribution in [2.24, 2.45) is 0 Å². The van der Waals surface area contributed by atoms with Gasteiger partial charge in [0, 0.05) is 23.6 Å². The Morgan fingerprint density at radius 1 is 1.21 bits per heavy atom. The lowest BCUT2D eigenvalue weighted by Crippen LogP contribution is -1.91. The van der Waals surface area contributed by atoms with Crippen LogP contribution in [0.2, 0.25) is 0 Å². The molecule has 0 spiro atoms. The van der Waals surface area contributed by atoms with Gasteiger partial charge in [-0.2, -0.15) is 4.98 Å². The number of aromatic nitrogens is 3. The molecule has 2 heterocycles. The van der Waals surface area contributed by atoms with Gasteiger partial charge in [0.25, 0.3) is 5.89 Å². The van der Waals surface area contributed by atoms with Crippen molar-refractivity contribution in [2.45, 2.75) is 0 Å². The fourth-order valence-electron chi connectivity index (χ4n) is 1.67. The Kier molecular flexibility index (Phi) is 2.68. The van der Waals surface area contributed by atoms with E-state index in [9.17, 15) is 4.39 Å². The fourth-order valence-corrected chi connectivity index (χ4v) is 1.67. The predicted molar refractivity (Wildman–Crippen MR) is 67.3 cm³/mol. The van der Waals surface area contributed by atoms with E-state index in [-0.39, 0.29) is 11.6 Å². The minimum absolute atomic E-state index is 0.247. The molecule has 6 heteroatoms. The first-order valence-electron chi connectivity index (χ1n) is 5.53. The first kappa shape index (κ1) is 11.3. The SMILES string of the molecule is Nc1cc(F)ccc1-c1nc(-c2cccnc2)no1. The van der Waals surface area contributed by atoms with Crippen LogP contribution in [-0.2, 0) is 0 Å². The number of anilines is 1. The largest absolute Gasteiger partial charge is 0.398 e. The number of nitrogens with zero attached hydrogens (tertiary/aromatic N) is 3. The molecular weight excluding hydrogens is 247 g/mol. The molecule has 5 nitrogen and oxygen atoms in total. The van der Waals surface area contributed by atoms with Crippen LogP contribution in [0.3, 0.4) is 0 Å². The molecule has 0 saturated carbocycles. The first-order valence-corrected chi connectivity index (χ1v) is 5.53. The highest BCUT2D eigenvalue weighted by Gasteiger charge is 2.13. The van der Waals surface area contributed by atoms with Gasteiger partial charge in [0.15, 0.2) is 0 Å². The molecule has 1 aromatic carbocycles. The summed E-state index contributed by atoms with van der Waals surface area (Å²) in [7, 11) is 0. The van der Waals surface area contributed by atoms with Gasteiger partial charge in [-0.25, -0.2) is 4.39 Å². The summed E-state index contributed by atoms with van der Waals surface area (Å²) in [4.78, 5) is 8.20. The van der Waals surface area contributed by atoms with E-state index in [1.54, 1.807) is 18.5 Å². The maximum Gasteiger partial charge on any atom is 0.260 e. The molecule has 0 aliphatic carbocycles. The van der Waals surface area contributed by atoms with Crippen molar-refractivity contribution in [3.05, 3.63) is 48.5 Å². The number of rotatable bonds is 2. The van der Waals surface area contributed by atoms with E-state index in [4.69, 9.17) is 10.3 Å². The molecule has 0 atom stereocenters. The van der Waals surface area contributed by atoms with Crippen molar-refractivity contribution in [3.63, 3.8) is 0 Å². The van der Waals surface area contributed by atoms with Crippen LogP contribution >= 0.6 is 0 Å². The van der Waals surface area contributed by atoms with Gasteiger partial charge >= 0.3 is 0 Å². The second-order valence-corrected chi connectivity index (χ2v) is 3.90. The highest BCUT2D eigenvalue weighted by molar-refractivity contribution is 5.71. The standard InChI is InChI=1S/C13H9FN4O/c14-9-3-4-10(11(15)6-9)13-17-12(18-19-13)8-2-1-5-16-7-8/h1-7H,15H2. The number of benzene rings is 1. The quantitative estimate of drug-likeness (QED) is 0.713. The van der Waals surface area contributed by atoms with Crippen LogP contribution in [0.25, 0.3) is 22.8 Å². The fraction of sp³-hybridized carbons (Fsp3) is 0. The Morgan fingerprint density at radius 3 is 2.84 bits per heavy atom. The summed E-state index contributed by atoms with van der Waals surface area (Å²) in [5.41, 5.74) is 7.21. The van der Waals surface area contributed by atoms with Gasteiger partial charge in [-0.3, -0.25) is 4.98 Å². The molecule has 0 aliphatic heterocycles. The van der Waals surface area contributed by atoms with Crippen LogP contribution in [0.5, 0.6) is 0 Å². The van der Waals surface area contributed by atoms with Gasteiger partial charge in [-0.1, -0.05) is 5.16 Å². The molecule has 0 radical (unpaired) electrons. The summed E-state index contributed by atoms with van der Waals surface area (Å²) in [6.45, 7) is 0. The summed E-state index contributed by atoms with van der Waals surface area (Å²) in [6, 6.07) is 7.60. The average Bonchev–Trinajstić information content (AvgIpc) is 2.89. The topological polar surface area (TPSA) is 77.8 Å².